The van der Waals surface area contributed by atoms with E-state index in [2.05, 4.69) is 5.32 Å². The molecule has 3 fully saturated rings. The van der Waals surface area contributed by atoms with Crippen molar-refractivity contribution in [2.24, 2.45) is 11.8 Å². The number of carbonyl (C=O) groups is 2. The molecule has 0 aromatic rings. The van der Waals surface area contributed by atoms with Crippen LogP contribution < -0.4 is 5.32 Å². The van der Waals surface area contributed by atoms with Gasteiger partial charge in [0.25, 0.3) is 0 Å². The van der Waals surface area contributed by atoms with Gasteiger partial charge < -0.3 is 24.8 Å². The Kier molecular flexibility index (Phi) is 3.42. The van der Waals surface area contributed by atoms with Crippen LogP contribution in [0.5, 0.6) is 0 Å². The van der Waals surface area contributed by atoms with Gasteiger partial charge in [-0.1, -0.05) is 6.42 Å². The van der Waals surface area contributed by atoms with Crippen molar-refractivity contribution >= 4 is 11.6 Å². The lowest BCUT2D eigenvalue weighted by atomic mass is 9.83. The average Bonchev–Trinajstić information content (AvgIpc) is 3.20. The number of carbonyl (C=O) groups excluding carboxylic acids is 2. The summed E-state index contributed by atoms with van der Waals surface area (Å²) in [6, 6.07) is 0.261. The van der Waals surface area contributed by atoms with E-state index < -0.39 is 11.6 Å². The van der Waals surface area contributed by atoms with Gasteiger partial charge in [0.05, 0.1) is 30.9 Å². The Balaban J connectivity index is 1.52. The summed E-state index contributed by atoms with van der Waals surface area (Å²) in [7, 11) is 1.58. The van der Waals surface area contributed by atoms with Crippen LogP contribution in [0.1, 0.15) is 26.2 Å². The average molecular weight is 360 g/mol. The molecular formula is C19H24N2O5. The smallest absolute Gasteiger partial charge is 0.226 e. The van der Waals surface area contributed by atoms with E-state index in [1.165, 1.54) is 6.42 Å². The summed E-state index contributed by atoms with van der Waals surface area (Å²) in [6.45, 7) is 2.50. The number of allylic oxidation sites excluding steroid dienone is 2. The van der Waals surface area contributed by atoms with Crippen molar-refractivity contribution in [3.63, 3.8) is 0 Å². The summed E-state index contributed by atoms with van der Waals surface area (Å²) in [5.41, 5.74) is 0.267. The van der Waals surface area contributed by atoms with Gasteiger partial charge in [0, 0.05) is 30.8 Å². The zero-order chi connectivity index (χ0) is 18.2. The molecule has 7 heteroatoms. The fourth-order valence-corrected chi connectivity index (χ4v) is 5.16. The molecule has 4 atom stereocenters. The summed E-state index contributed by atoms with van der Waals surface area (Å²) in [5, 5.41) is 13.5. The number of ketones is 2. The maximum atomic E-state index is 13.3. The number of rotatable bonds is 5. The van der Waals surface area contributed by atoms with Crippen LogP contribution in [0.3, 0.4) is 0 Å². The SMILES string of the molecule is COC12C(CO)C3=C(C(=O)C(C)=C(OCC4CCC4)C3=O)N1CC1NC12. The van der Waals surface area contributed by atoms with Gasteiger partial charge in [-0.2, -0.15) is 0 Å². The molecule has 0 radical (unpaired) electrons. The van der Waals surface area contributed by atoms with Crippen LogP contribution >= 0.6 is 0 Å². The second-order valence-corrected chi connectivity index (χ2v) is 8.04. The van der Waals surface area contributed by atoms with Crippen molar-refractivity contribution in [2.45, 2.75) is 44.0 Å². The lowest BCUT2D eigenvalue weighted by Gasteiger charge is -2.39. The van der Waals surface area contributed by atoms with Crippen LogP contribution in [-0.2, 0) is 19.1 Å². The van der Waals surface area contributed by atoms with Crippen LogP contribution in [0.15, 0.2) is 22.6 Å². The highest BCUT2D eigenvalue weighted by Gasteiger charge is 2.72. The molecule has 3 aliphatic heterocycles. The summed E-state index contributed by atoms with van der Waals surface area (Å²) in [4.78, 5) is 28.3. The molecule has 0 aromatic carbocycles. The van der Waals surface area contributed by atoms with E-state index in [0.29, 0.717) is 35.9 Å². The first-order chi connectivity index (χ1) is 12.5. The predicted molar refractivity (Wildman–Crippen MR) is 90.8 cm³/mol. The highest BCUT2D eigenvalue weighted by atomic mass is 16.5. The molecule has 140 valence electrons. The Morgan fingerprint density at radius 1 is 1.31 bits per heavy atom. The molecule has 0 amide bonds. The summed E-state index contributed by atoms with van der Waals surface area (Å²) in [5.74, 6) is -0.373. The number of hydrogen-bond acceptors (Lipinski definition) is 7. The zero-order valence-corrected chi connectivity index (χ0v) is 15.1. The standard InChI is InChI=1S/C19H24N2O5/c1-9-15(23)14-13(16(24)17(9)26-8-10-4-3-5-10)11(7-22)19(25-2)18-12(20-18)6-21(14)19/h10-12,18,20,22H,3-8H2,1-2H3. The molecule has 0 bridgehead atoms. The largest absolute Gasteiger partial charge is 0.489 e. The minimum Gasteiger partial charge on any atom is -0.489 e. The minimum absolute atomic E-state index is 0.0236. The molecule has 0 spiro atoms. The van der Waals surface area contributed by atoms with Crippen molar-refractivity contribution in [3.05, 3.63) is 22.6 Å². The number of aliphatic hydroxyl groups excluding tert-OH is 1. The highest BCUT2D eigenvalue weighted by molar-refractivity contribution is 6.25. The van der Waals surface area contributed by atoms with Gasteiger partial charge in [0.2, 0.25) is 11.6 Å². The summed E-state index contributed by atoms with van der Waals surface area (Å²) in [6.07, 6.45) is 3.41. The number of Topliss-reactive ketones (excluding diaryl/α,β-unsaturated/α-hetero) is 2. The van der Waals surface area contributed by atoms with E-state index >= 15 is 0 Å². The molecule has 7 nitrogen and oxygen atoms in total. The van der Waals surface area contributed by atoms with Crippen LogP contribution in [0.2, 0.25) is 0 Å². The van der Waals surface area contributed by atoms with E-state index in [9.17, 15) is 14.7 Å². The molecule has 2 aliphatic carbocycles. The predicted octanol–water partition coefficient (Wildman–Crippen LogP) is 0.104. The number of aliphatic hydroxyl groups is 1. The van der Waals surface area contributed by atoms with Crippen molar-refractivity contribution < 1.29 is 24.2 Å². The van der Waals surface area contributed by atoms with Crippen molar-refractivity contribution in [3.8, 4) is 0 Å². The molecule has 0 aromatic heterocycles. The van der Waals surface area contributed by atoms with E-state index in [0.717, 1.165) is 12.8 Å². The highest BCUT2D eigenvalue weighted by Crippen LogP contribution is 2.55. The van der Waals surface area contributed by atoms with Gasteiger partial charge >= 0.3 is 0 Å². The number of piperazine rings is 1. The van der Waals surface area contributed by atoms with Gasteiger partial charge in [-0.05, 0) is 25.7 Å². The number of nitrogens with zero attached hydrogens (tertiary/aromatic N) is 1. The van der Waals surface area contributed by atoms with Crippen molar-refractivity contribution in [1.29, 1.82) is 0 Å². The number of ether oxygens (including phenoxy) is 2. The van der Waals surface area contributed by atoms with Crippen LogP contribution in [0.4, 0.5) is 0 Å². The Morgan fingerprint density at radius 3 is 2.69 bits per heavy atom. The van der Waals surface area contributed by atoms with Crippen molar-refractivity contribution in [1.82, 2.24) is 10.2 Å². The number of nitrogens with one attached hydrogen (secondary N) is 1. The minimum atomic E-state index is -0.862. The Morgan fingerprint density at radius 2 is 2.08 bits per heavy atom. The Hall–Kier alpha value is -1.70. The molecule has 3 heterocycles. The zero-order valence-electron chi connectivity index (χ0n) is 15.1. The summed E-state index contributed by atoms with van der Waals surface area (Å²) >= 11 is 0. The molecule has 5 aliphatic rings. The molecule has 4 unspecified atom stereocenters. The molecule has 26 heavy (non-hydrogen) atoms. The lowest BCUT2D eigenvalue weighted by Crippen LogP contribution is -2.54. The third-order valence-corrected chi connectivity index (χ3v) is 6.85. The first-order valence-electron chi connectivity index (χ1n) is 9.41. The monoisotopic (exact) mass is 360 g/mol. The first-order valence-corrected chi connectivity index (χ1v) is 9.41. The second kappa shape index (κ2) is 5.41. The third kappa shape index (κ3) is 1.83. The molecular weight excluding hydrogens is 336 g/mol. The fourth-order valence-electron chi connectivity index (χ4n) is 5.16. The Bertz CT molecular complexity index is 768. The van der Waals surface area contributed by atoms with Crippen LogP contribution in [-0.4, -0.2) is 66.2 Å². The molecule has 1 saturated carbocycles. The van der Waals surface area contributed by atoms with Gasteiger partial charge in [0.1, 0.15) is 0 Å². The molecule has 2 saturated heterocycles. The van der Waals surface area contributed by atoms with E-state index in [-0.39, 0.29) is 36.0 Å². The quantitative estimate of drug-likeness (QED) is 0.530. The normalized spacial score (nSPS) is 38.4. The van der Waals surface area contributed by atoms with Gasteiger partial charge in [0.15, 0.2) is 11.5 Å². The van der Waals surface area contributed by atoms with Crippen LogP contribution in [0, 0.1) is 11.8 Å². The Labute approximate surface area is 152 Å². The number of methoxy groups -OCH3 is 1. The van der Waals surface area contributed by atoms with Gasteiger partial charge in [-0.25, -0.2) is 0 Å². The second-order valence-electron chi connectivity index (χ2n) is 8.04. The maximum Gasteiger partial charge on any atom is 0.226 e. The van der Waals surface area contributed by atoms with E-state index in [1.807, 2.05) is 4.90 Å². The lowest BCUT2D eigenvalue weighted by molar-refractivity contribution is -0.137. The fraction of sp³-hybridized carbons (Fsp3) is 0.684. The maximum absolute atomic E-state index is 13.3. The summed E-state index contributed by atoms with van der Waals surface area (Å²) < 4.78 is 11.7. The van der Waals surface area contributed by atoms with Crippen LogP contribution in [0.25, 0.3) is 0 Å². The molecule has 2 N–H and O–H groups in total. The first kappa shape index (κ1) is 16.5. The van der Waals surface area contributed by atoms with Crippen molar-refractivity contribution in [2.75, 3.05) is 26.9 Å². The van der Waals surface area contributed by atoms with E-state index in [4.69, 9.17) is 9.47 Å². The number of hydrogen-bond donors (Lipinski definition) is 2. The van der Waals surface area contributed by atoms with Gasteiger partial charge in [-0.3, -0.25) is 9.59 Å². The van der Waals surface area contributed by atoms with E-state index in [1.54, 1.807) is 14.0 Å². The number of fused-ring (bicyclic) bond motifs is 4. The molecule has 5 rings (SSSR count). The van der Waals surface area contributed by atoms with Gasteiger partial charge in [-0.15, -0.1) is 0 Å². The third-order valence-electron chi connectivity index (χ3n) is 6.85. The topological polar surface area (TPSA) is 98.0 Å².